The maximum absolute atomic E-state index is 9.83. The highest BCUT2D eigenvalue weighted by molar-refractivity contribution is 5.79. The fourth-order valence-electron chi connectivity index (χ4n) is 3.97. The summed E-state index contributed by atoms with van der Waals surface area (Å²) in [5.74, 6) is 0.794. The third kappa shape index (κ3) is 3.89. The Balaban J connectivity index is 1.42. The lowest BCUT2D eigenvalue weighted by Gasteiger charge is -2.32. The quantitative estimate of drug-likeness (QED) is 0.553. The van der Waals surface area contributed by atoms with Gasteiger partial charge >= 0.3 is 0 Å². The molecule has 0 bridgehead atoms. The lowest BCUT2D eigenvalue weighted by Crippen LogP contribution is -2.45. The van der Waals surface area contributed by atoms with E-state index in [4.69, 9.17) is 0 Å². The number of piperazine rings is 1. The van der Waals surface area contributed by atoms with E-state index in [0.717, 1.165) is 65.5 Å². The topological polar surface area (TPSA) is 70.3 Å². The van der Waals surface area contributed by atoms with E-state index in [2.05, 4.69) is 54.6 Å². The summed E-state index contributed by atoms with van der Waals surface area (Å²) in [6.45, 7) is 5.74. The minimum atomic E-state index is -0.508. The van der Waals surface area contributed by atoms with Gasteiger partial charge in [0.2, 0.25) is 5.95 Å². The van der Waals surface area contributed by atoms with Crippen LogP contribution in [0.1, 0.15) is 18.6 Å². The van der Waals surface area contributed by atoms with E-state index in [1.54, 1.807) is 6.92 Å². The summed E-state index contributed by atoms with van der Waals surface area (Å²) >= 11 is 0. The molecule has 0 spiro atoms. The molecule has 1 saturated heterocycles. The van der Waals surface area contributed by atoms with Crippen LogP contribution in [0.2, 0.25) is 0 Å². The molecule has 2 aromatic carbocycles. The number of aromatic nitrogens is 4. The molecule has 31 heavy (non-hydrogen) atoms. The second-order valence-electron chi connectivity index (χ2n) is 8.15. The number of aliphatic hydroxyl groups excluding tert-OH is 1. The summed E-state index contributed by atoms with van der Waals surface area (Å²) < 4.78 is 2.06. The van der Waals surface area contributed by atoms with Crippen molar-refractivity contribution in [2.75, 3.05) is 38.1 Å². The Bertz CT molecular complexity index is 1190. The molecular weight excluding hydrogens is 388 g/mol. The van der Waals surface area contributed by atoms with Crippen molar-refractivity contribution in [1.82, 2.24) is 24.4 Å². The standard InChI is InChI=1S/C24H26N6O/c1-17(31)18-6-7-23-22(13-18)27-16-30(23)21-5-3-4-19(12-21)20-14-25-24(26-15-20)29-10-8-28(2)9-11-29/h3-7,12-17,31H,8-11H2,1-2H3/t17-/m1/s1. The number of nitrogens with zero attached hydrogens (tertiary/aromatic N) is 6. The number of rotatable bonds is 4. The Kier molecular flexibility index (Phi) is 5.13. The van der Waals surface area contributed by atoms with E-state index in [-0.39, 0.29) is 0 Å². The van der Waals surface area contributed by atoms with Gasteiger partial charge in [0.05, 0.1) is 17.1 Å². The van der Waals surface area contributed by atoms with Crippen molar-refractivity contribution < 1.29 is 5.11 Å². The predicted molar refractivity (Wildman–Crippen MR) is 122 cm³/mol. The van der Waals surface area contributed by atoms with Crippen molar-refractivity contribution in [3.8, 4) is 16.8 Å². The van der Waals surface area contributed by atoms with Crippen molar-refractivity contribution in [1.29, 1.82) is 0 Å². The molecule has 0 unspecified atom stereocenters. The highest BCUT2D eigenvalue weighted by atomic mass is 16.3. The number of anilines is 1. The number of likely N-dealkylation sites (N-methyl/N-ethyl adjacent to an activating group) is 1. The highest BCUT2D eigenvalue weighted by Crippen LogP contribution is 2.26. The Morgan fingerprint density at radius 3 is 2.42 bits per heavy atom. The van der Waals surface area contributed by atoms with Gasteiger partial charge in [-0.1, -0.05) is 18.2 Å². The number of fused-ring (bicyclic) bond motifs is 1. The zero-order valence-corrected chi connectivity index (χ0v) is 17.8. The maximum Gasteiger partial charge on any atom is 0.225 e. The zero-order valence-electron chi connectivity index (χ0n) is 17.8. The Morgan fingerprint density at radius 1 is 0.903 bits per heavy atom. The van der Waals surface area contributed by atoms with Crippen LogP contribution in [-0.2, 0) is 0 Å². The van der Waals surface area contributed by atoms with E-state index in [9.17, 15) is 5.11 Å². The first kappa shape index (κ1) is 19.7. The fourth-order valence-corrected chi connectivity index (χ4v) is 3.97. The lowest BCUT2D eigenvalue weighted by atomic mass is 10.1. The van der Waals surface area contributed by atoms with Crippen LogP contribution in [0.4, 0.5) is 5.95 Å². The third-order valence-corrected chi connectivity index (χ3v) is 5.94. The van der Waals surface area contributed by atoms with Gasteiger partial charge in [-0.15, -0.1) is 0 Å². The minimum absolute atomic E-state index is 0.508. The summed E-state index contributed by atoms with van der Waals surface area (Å²) in [6, 6.07) is 14.2. The molecule has 1 atom stereocenters. The lowest BCUT2D eigenvalue weighted by molar-refractivity contribution is 0.199. The highest BCUT2D eigenvalue weighted by Gasteiger charge is 2.16. The van der Waals surface area contributed by atoms with Crippen LogP contribution in [0.25, 0.3) is 27.8 Å². The van der Waals surface area contributed by atoms with Gasteiger partial charge in [0, 0.05) is 49.8 Å². The third-order valence-electron chi connectivity index (χ3n) is 5.94. The average molecular weight is 415 g/mol. The summed E-state index contributed by atoms with van der Waals surface area (Å²) in [5, 5.41) is 9.83. The summed E-state index contributed by atoms with van der Waals surface area (Å²) in [7, 11) is 2.14. The smallest absolute Gasteiger partial charge is 0.225 e. The van der Waals surface area contributed by atoms with Crippen molar-refractivity contribution in [3.05, 3.63) is 66.7 Å². The van der Waals surface area contributed by atoms with Crippen LogP contribution in [0, 0.1) is 0 Å². The summed E-state index contributed by atoms with van der Waals surface area (Å²) in [5.41, 5.74) is 5.80. The monoisotopic (exact) mass is 414 g/mol. The van der Waals surface area contributed by atoms with Gasteiger partial charge in [0.25, 0.3) is 0 Å². The van der Waals surface area contributed by atoms with Gasteiger partial charge in [-0.3, -0.25) is 4.57 Å². The molecule has 0 aliphatic carbocycles. The molecule has 0 amide bonds. The van der Waals surface area contributed by atoms with Crippen LogP contribution < -0.4 is 4.90 Å². The second-order valence-corrected chi connectivity index (χ2v) is 8.15. The van der Waals surface area contributed by atoms with Gasteiger partial charge < -0.3 is 14.9 Å². The number of aliphatic hydroxyl groups is 1. The van der Waals surface area contributed by atoms with Gasteiger partial charge in [-0.05, 0) is 49.4 Å². The number of hydrogen-bond acceptors (Lipinski definition) is 6. The van der Waals surface area contributed by atoms with Crippen LogP contribution in [0.5, 0.6) is 0 Å². The molecule has 1 N–H and O–H groups in total. The molecule has 0 radical (unpaired) electrons. The van der Waals surface area contributed by atoms with Crippen LogP contribution in [-0.4, -0.2) is 62.8 Å². The Morgan fingerprint density at radius 2 is 1.68 bits per heavy atom. The molecule has 2 aromatic heterocycles. The van der Waals surface area contributed by atoms with Crippen LogP contribution >= 0.6 is 0 Å². The molecule has 1 fully saturated rings. The van der Waals surface area contributed by atoms with Crippen molar-refractivity contribution >= 4 is 17.0 Å². The maximum atomic E-state index is 9.83. The largest absolute Gasteiger partial charge is 0.389 e. The van der Waals surface area contributed by atoms with Crippen molar-refractivity contribution in [2.45, 2.75) is 13.0 Å². The molecule has 1 aliphatic rings. The molecule has 1 aliphatic heterocycles. The summed E-state index contributed by atoms with van der Waals surface area (Å²) in [4.78, 5) is 18.3. The predicted octanol–water partition coefficient (Wildman–Crippen LogP) is 3.29. The van der Waals surface area contributed by atoms with Gasteiger partial charge in [0.1, 0.15) is 6.33 Å². The molecule has 7 nitrogen and oxygen atoms in total. The molecule has 4 aromatic rings. The average Bonchev–Trinajstić information content (AvgIpc) is 3.23. The van der Waals surface area contributed by atoms with E-state index < -0.39 is 6.10 Å². The first-order valence-corrected chi connectivity index (χ1v) is 10.6. The zero-order chi connectivity index (χ0) is 21.4. The van der Waals surface area contributed by atoms with Crippen molar-refractivity contribution in [3.63, 3.8) is 0 Å². The molecule has 5 rings (SSSR count). The molecule has 7 heteroatoms. The molecular formula is C24H26N6O. The van der Waals surface area contributed by atoms with Gasteiger partial charge in [-0.2, -0.15) is 0 Å². The Labute approximate surface area is 181 Å². The van der Waals surface area contributed by atoms with E-state index >= 15 is 0 Å². The van der Waals surface area contributed by atoms with Crippen LogP contribution in [0.3, 0.4) is 0 Å². The van der Waals surface area contributed by atoms with Crippen LogP contribution in [0.15, 0.2) is 61.2 Å². The first-order chi connectivity index (χ1) is 15.1. The minimum Gasteiger partial charge on any atom is -0.389 e. The summed E-state index contributed by atoms with van der Waals surface area (Å²) in [6.07, 6.45) is 5.12. The molecule has 3 heterocycles. The SMILES string of the molecule is C[C@@H](O)c1ccc2c(c1)ncn2-c1cccc(-c2cnc(N3CCN(C)CC3)nc2)c1. The second kappa shape index (κ2) is 8.09. The molecule has 158 valence electrons. The fraction of sp³-hybridized carbons (Fsp3) is 0.292. The van der Waals surface area contributed by atoms with E-state index in [1.807, 2.05) is 43.0 Å². The number of imidazole rings is 1. The Hall–Kier alpha value is -3.29. The van der Waals surface area contributed by atoms with E-state index in [1.165, 1.54) is 0 Å². The first-order valence-electron chi connectivity index (χ1n) is 10.6. The normalized spacial score (nSPS) is 16.0. The van der Waals surface area contributed by atoms with Gasteiger partial charge in [-0.25, -0.2) is 15.0 Å². The molecule has 0 saturated carbocycles. The number of hydrogen-bond donors (Lipinski definition) is 1. The number of benzene rings is 2. The van der Waals surface area contributed by atoms with Crippen molar-refractivity contribution in [2.24, 2.45) is 0 Å². The van der Waals surface area contributed by atoms with E-state index in [0.29, 0.717) is 0 Å². The van der Waals surface area contributed by atoms with Gasteiger partial charge in [0.15, 0.2) is 0 Å².